The predicted octanol–water partition coefficient (Wildman–Crippen LogP) is 3.69. The highest BCUT2D eigenvalue weighted by Crippen LogP contribution is 2.47. The molecule has 0 aliphatic heterocycles. The monoisotopic (exact) mass is 308 g/mol. The summed E-state index contributed by atoms with van der Waals surface area (Å²) in [6.07, 6.45) is -1.97. The van der Waals surface area contributed by atoms with Crippen LogP contribution in [-0.4, -0.2) is 18.1 Å². The van der Waals surface area contributed by atoms with Crippen LogP contribution in [0.25, 0.3) is 0 Å². The van der Waals surface area contributed by atoms with Gasteiger partial charge in [0.1, 0.15) is 10.6 Å². The van der Waals surface area contributed by atoms with Crippen molar-refractivity contribution in [2.45, 2.75) is 57.5 Å². The number of hydrogen-bond donors (Lipinski definition) is 1. The van der Waals surface area contributed by atoms with Gasteiger partial charge < -0.3 is 10.1 Å². The Bertz CT molecular complexity index is 461. The van der Waals surface area contributed by atoms with E-state index >= 15 is 0 Å². The fourth-order valence-electron chi connectivity index (χ4n) is 2.19. The summed E-state index contributed by atoms with van der Waals surface area (Å²) >= 11 is 1.12. The molecule has 0 aromatic carbocycles. The van der Waals surface area contributed by atoms with E-state index in [-0.39, 0.29) is 17.5 Å². The highest BCUT2D eigenvalue weighted by Gasteiger charge is 2.45. The number of halogens is 3. The average molecular weight is 308 g/mol. The molecule has 0 spiro atoms. The van der Waals surface area contributed by atoms with Crippen molar-refractivity contribution in [2.24, 2.45) is 0 Å². The molecule has 1 N–H and O–H groups in total. The summed E-state index contributed by atoms with van der Waals surface area (Å²) in [5, 5.41) is 3.48. The van der Waals surface area contributed by atoms with Gasteiger partial charge in [0.2, 0.25) is 0 Å². The summed E-state index contributed by atoms with van der Waals surface area (Å²) in [6, 6.07) is 0.127. The number of rotatable bonds is 5. The minimum atomic E-state index is -4.42. The lowest BCUT2D eigenvalue weighted by Crippen LogP contribution is -2.36. The first kappa shape index (κ1) is 15.7. The maximum absolute atomic E-state index is 13.1. The number of aromatic nitrogens is 1. The Morgan fingerprint density at radius 2 is 2.05 bits per heavy atom. The highest BCUT2D eigenvalue weighted by molar-refractivity contribution is 7.11. The Balaban J connectivity index is 2.32. The molecule has 1 fully saturated rings. The van der Waals surface area contributed by atoms with E-state index in [1.54, 1.807) is 7.11 Å². The lowest BCUT2D eigenvalue weighted by Gasteiger charge is -2.38. The third-order valence-corrected chi connectivity index (χ3v) is 4.82. The lowest BCUT2D eigenvalue weighted by atomic mass is 9.80. The Hall–Kier alpha value is -0.660. The second-order valence-corrected chi connectivity index (χ2v) is 6.46. The van der Waals surface area contributed by atoms with Gasteiger partial charge in [-0.05, 0) is 19.3 Å². The van der Waals surface area contributed by atoms with Crippen molar-refractivity contribution in [3.63, 3.8) is 0 Å². The molecule has 2 rings (SSSR count). The van der Waals surface area contributed by atoms with E-state index in [1.807, 2.05) is 13.8 Å². The summed E-state index contributed by atoms with van der Waals surface area (Å²) < 4.78 is 44.7. The second-order valence-electron chi connectivity index (χ2n) is 5.38. The van der Waals surface area contributed by atoms with Gasteiger partial charge in [-0.1, -0.05) is 13.8 Å². The molecule has 1 heterocycles. The second kappa shape index (κ2) is 5.61. The van der Waals surface area contributed by atoms with Crippen LogP contribution in [0.4, 0.5) is 13.2 Å². The summed E-state index contributed by atoms with van der Waals surface area (Å²) in [5.74, 6) is 0. The van der Waals surface area contributed by atoms with Gasteiger partial charge in [-0.25, -0.2) is 4.98 Å². The van der Waals surface area contributed by atoms with Gasteiger partial charge in [0.05, 0.1) is 4.88 Å². The van der Waals surface area contributed by atoms with Crippen molar-refractivity contribution in [3.8, 4) is 0 Å². The van der Waals surface area contributed by atoms with E-state index in [9.17, 15) is 13.2 Å². The molecule has 0 atom stereocenters. The summed E-state index contributed by atoms with van der Waals surface area (Å²) in [5.41, 5.74) is -1.37. The zero-order valence-electron chi connectivity index (χ0n) is 11.8. The molecule has 0 unspecified atom stereocenters. The standard InChI is InChI=1S/C13H19F3N2OS/c1-8(2)17-7-9-10(13(14,15)16)18-11(20-9)12(19-3)5-4-6-12/h8,17H,4-7H2,1-3H3. The molecule has 3 nitrogen and oxygen atoms in total. The molecule has 114 valence electrons. The Morgan fingerprint density at radius 3 is 2.45 bits per heavy atom. The van der Waals surface area contributed by atoms with Crippen LogP contribution >= 0.6 is 11.3 Å². The van der Waals surface area contributed by atoms with E-state index in [2.05, 4.69) is 10.3 Å². The average Bonchev–Trinajstić information content (AvgIpc) is 2.70. The van der Waals surface area contributed by atoms with Gasteiger partial charge in [0.25, 0.3) is 0 Å². The molecule has 0 bridgehead atoms. The third kappa shape index (κ3) is 2.99. The minimum absolute atomic E-state index is 0.127. The normalized spacial score (nSPS) is 18.4. The number of hydrogen-bond acceptors (Lipinski definition) is 4. The van der Waals surface area contributed by atoms with Crippen LogP contribution in [0, 0.1) is 0 Å². The number of nitrogens with one attached hydrogen (secondary N) is 1. The highest BCUT2D eigenvalue weighted by atomic mass is 32.1. The van der Waals surface area contributed by atoms with Gasteiger partial charge in [0, 0.05) is 19.7 Å². The molecule has 1 aliphatic rings. The van der Waals surface area contributed by atoms with Gasteiger partial charge in [0.15, 0.2) is 5.69 Å². The van der Waals surface area contributed by atoms with Crippen LogP contribution in [0.15, 0.2) is 0 Å². The van der Waals surface area contributed by atoms with Crippen molar-refractivity contribution >= 4 is 11.3 Å². The summed E-state index contributed by atoms with van der Waals surface area (Å²) in [4.78, 5) is 4.09. The van der Waals surface area contributed by atoms with Crippen molar-refractivity contribution in [1.82, 2.24) is 10.3 Å². The van der Waals surface area contributed by atoms with Crippen LogP contribution < -0.4 is 5.32 Å². The molecular weight excluding hydrogens is 289 g/mol. The molecule has 20 heavy (non-hydrogen) atoms. The van der Waals surface area contributed by atoms with Gasteiger partial charge in [-0.2, -0.15) is 13.2 Å². The maximum atomic E-state index is 13.1. The molecule has 0 radical (unpaired) electrons. The molecule has 0 saturated heterocycles. The van der Waals surface area contributed by atoms with Crippen LogP contribution in [0.2, 0.25) is 0 Å². The molecule has 0 amide bonds. The van der Waals surface area contributed by atoms with E-state index < -0.39 is 17.5 Å². The van der Waals surface area contributed by atoms with Crippen LogP contribution in [0.5, 0.6) is 0 Å². The number of methoxy groups -OCH3 is 1. The lowest BCUT2D eigenvalue weighted by molar-refractivity contribution is -0.142. The first-order valence-corrected chi connectivity index (χ1v) is 7.46. The molecule has 1 aromatic heterocycles. The van der Waals surface area contributed by atoms with Crippen LogP contribution in [-0.2, 0) is 23.1 Å². The SMILES string of the molecule is COC1(c2nc(C(F)(F)F)c(CNC(C)C)s2)CCC1. The fraction of sp³-hybridized carbons (Fsp3) is 0.769. The van der Waals surface area contributed by atoms with Crippen molar-refractivity contribution in [2.75, 3.05) is 7.11 Å². The van der Waals surface area contributed by atoms with Gasteiger partial charge >= 0.3 is 6.18 Å². The summed E-state index contributed by atoms with van der Waals surface area (Å²) in [7, 11) is 1.54. The molecule has 1 saturated carbocycles. The Morgan fingerprint density at radius 1 is 1.40 bits per heavy atom. The van der Waals surface area contributed by atoms with E-state index in [0.717, 1.165) is 30.6 Å². The Kier molecular flexibility index (Phi) is 4.41. The molecule has 7 heteroatoms. The summed E-state index contributed by atoms with van der Waals surface area (Å²) in [6.45, 7) is 3.99. The number of thiazole rings is 1. The largest absolute Gasteiger partial charge is 0.434 e. The fourth-order valence-corrected chi connectivity index (χ4v) is 3.45. The van der Waals surface area contributed by atoms with E-state index in [0.29, 0.717) is 5.01 Å². The van der Waals surface area contributed by atoms with Crippen LogP contribution in [0.3, 0.4) is 0 Å². The van der Waals surface area contributed by atoms with E-state index in [4.69, 9.17) is 4.74 Å². The number of ether oxygens (including phenoxy) is 1. The van der Waals surface area contributed by atoms with Crippen LogP contribution in [0.1, 0.15) is 48.7 Å². The van der Waals surface area contributed by atoms with Crippen molar-refractivity contribution in [1.29, 1.82) is 0 Å². The van der Waals surface area contributed by atoms with Gasteiger partial charge in [-0.15, -0.1) is 11.3 Å². The van der Waals surface area contributed by atoms with Crippen molar-refractivity contribution in [3.05, 3.63) is 15.6 Å². The van der Waals surface area contributed by atoms with E-state index in [1.165, 1.54) is 0 Å². The number of alkyl halides is 3. The smallest absolute Gasteiger partial charge is 0.371 e. The maximum Gasteiger partial charge on any atom is 0.434 e. The first-order valence-electron chi connectivity index (χ1n) is 6.64. The molecular formula is C13H19F3N2OS. The zero-order valence-corrected chi connectivity index (χ0v) is 12.6. The molecule has 1 aromatic rings. The predicted molar refractivity (Wildman–Crippen MR) is 71.6 cm³/mol. The third-order valence-electron chi connectivity index (χ3n) is 3.58. The zero-order chi connectivity index (χ0) is 15.0. The first-order chi connectivity index (χ1) is 9.28. The quantitative estimate of drug-likeness (QED) is 0.901. The van der Waals surface area contributed by atoms with Gasteiger partial charge in [-0.3, -0.25) is 0 Å². The molecule has 1 aliphatic carbocycles. The van der Waals surface area contributed by atoms with Crippen molar-refractivity contribution < 1.29 is 17.9 Å². The Labute approximate surface area is 120 Å². The minimum Gasteiger partial charge on any atom is -0.371 e. The topological polar surface area (TPSA) is 34.1 Å². The number of nitrogens with zero attached hydrogens (tertiary/aromatic N) is 1.